The van der Waals surface area contributed by atoms with E-state index in [9.17, 15) is 4.79 Å². The second kappa shape index (κ2) is 7.10. The van der Waals surface area contributed by atoms with Crippen molar-refractivity contribution in [3.8, 4) is 5.75 Å². The number of hydrogen-bond donors (Lipinski definition) is 0. The molecule has 0 aliphatic heterocycles. The number of rotatable bonds is 7. The SMILES string of the molecule is COc1ccc(C(C)C)cc1CCCCC=O. The van der Waals surface area contributed by atoms with Gasteiger partial charge < -0.3 is 9.53 Å². The first-order chi connectivity index (χ1) is 8.19. The van der Waals surface area contributed by atoms with E-state index in [1.807, 2.05) is 6.07 Å². The second-order valence-corrected chi connectivity index (χ2v) is 4.64. The standard InChI is InChI=1S/C15H22O2/c1-12(2)13-8-9-15(17-3)14(11-13)7-5-4-6-10-16/h8-12H,4-7H2,1-3H3. The zero-order valence-corrected chi connectivity index (χ0v) is 11.0. The first kappa shape index (κ1) is 13.8. The van der Waals surface area contributed by atoms with Gasteiger partial charge in [0.2, 0.25) is 0 Å². The molecule has 0 fully saturated rings. The number of carbonyl (C=O) groups is 1. The molecule has 0 heterocycles. The molecule has 94 valence electrons. The predicted octanol–water partition coefficient (Wildman–Crippen LogP) is 3.73. The van der Waals surface area contributed by atoms with Gasteiger partial charge >= 0.3 is 0 Å². The molecule has 0 spiro atoms. The summed E-state index contributed by atoms with van der Waals surface area (Å²) in [7, 11) is 1.71. The highest BCUT2D eigenvalue weighted by atomic mass is 16.5. The molecule has 0 atom stereocenters. The Morgan fingerprint density at radius 3 is 2.65 bits per heavy atom. The van der Waals surface area contributed by atoms with E-state index < -0.39 is 0 Å². The number of methoxy groups -OCH3 is 1. The molecule has 0 aliphatic rings. The Hall–Kier alpha value is -1.31. The first-order valence-corrected chi connectivity index (χ1v) is 6.29. The van der Waals surface area contributed by atoms with E-state index in [0.717, 1.165) is 31.3 Å². The van der Waals surface area contributed by atoms with Crippen LogP contribution < -0.4 is 4.74 Å². The number of ether oxygens (including phenoxy) is 1. The van der Waals surface area contributed by atoms with Gasteiger partial charge in [-0.25, -0.2) is 0 Å². The first-order valence-electron chi connectivity index (χ1n) is 6.29. The number of carbonyl (C=O) groups excluding carboxylic acids is 1. The van der Waals surface area contributed by atoms with E-state index in [4.69, 9.17) is 4.74 Å². The van der Waals surface area contributed by atoms with Crippen LogP contribution >= 0.6 is 0 Å². The number of aldehydes is 1. The molecule has 1 aromatic rings. The van der Waals surface area contributed by atoms with Crippen molar-refractivity contribution in [2.45, 2.75) is 45.4 Å². The summed E-state index contributed by atoms with van der Waals surface area (Å²) < 4.78 is 5.37. The molecule has 2 heteroatoms. The topological polar surface area (TPSA) is 26.3 Å². The molecule has 0 aliphatic carbocycles. The lowest BCUT2D eigenvalue weighted by Gasteiger charge is -2.12. The Kier molecular flexibility index (Phi) is 5.75. The van der Waals surface area contributed by atoms with E-state index in [1.165, 1.54) is 11.1 Å². The highest BCUT2D eigenvalue weighted by Gasteiger charge is 2.06. The van der Waals surface area contributed by atoms with E-state index in [1.54, 1.807) is 7.11 Å². The summed E-state index contributed by atoms with van der Waals surface area (Å²) in [5, 5.41) is 0. The molecule has 0 saturated carbocycles. The smallest absolute Gasteiger partial charge is 0.122 e. The fourth-order valence-electron chi connectivity index (χ4n) is 1.90. The van der Waals surface area contributed by atoms with Crippen LogP contribution in [-0.4, -0.2) is 13.4 Å². The molecule has 1 aromatic carbocycles. The van der Waals surface area contributed by atoms with E-state index in [2.05, 4.69) is 26.0 Å². The molecule has 0 amide bonds. The van der Waals surface area contributed by atoms with Crippen molar-refractivity contribution >= 4 is 6.29 Å². The Morgan fingerprint density at radius 1 is 1.29 bits per heavy atom. The predicted molar refractivity (Wildman–Crippen MR) is 70.7 cm³/mol. The molecular weight excluding hydrogens is 212 g/mol. The minimum Gasteiger partial charge on any atom is -0.496 e. The van der Waals surface area contributed by atoms with Crippen LogP contribution in [0.15, 0.2) is 18.2 Å². The van der Waals surface area contributed by atoms with E-state index >= 15 is 0 Å². The van der Waals surface area contributed by atoms with Crippen LogP contribution in [-0.2, 0) is 11.2 Å². The van der Waals surface area contributed by atoms with Crippen molar-refractivity contribution in [3.63, 3.8) is 0 Å². The minimum atomic E-state index is 0.537. The Labute approximate surface area is 104 Å². The lowest BCUT2D eigenvalue weighted by molar-refractivity contribution is -0.107. The van der Waals surface area contributed by atoms with Crippen LogP contribution in [0.2, 0.25) is 0 Å². The number of benzene rings is 1. The molecule has 0 unspecified atom stereocenters. The van der Waals surface area contributed by atoms with Crippen LogP contribution in [0.3, 0.4) is 0 Å². The molecular formula is C15H22O2. The Balaban J connectivity index is 2.72. The van der Waals surface area contributed by atoms with Gasteiger partial charge in [0.15, 0.2) is 0 Å². The van der Waals surface area contributed by atoms with Gasteiger partial charge in [-0.1, -0.05) is 26.0 Å². The zero-order chi connectivity index (χ0) is 12.7. The third-order valence-electron chi connectivity index (χ3n) is 2.99. The summed E-state index contributed by atoms with van der Waals surface area (Å²) in [6, 6.07) is 6.40. The van der Waals surface area contributed by atoms with Gasteiger partial charge in [-0.15, -0.1) is 0 Å². The quantitative estimate of drug-likeness (QED) is 0.531. The van der Waals surface area contributed by atoms with Crippen LogP contribution in [0.1, 0.15) is 50.2 Å². The Bertz CT molecular complexity index is 356. The number of aryl methyl sites for hydroxylation is 1. The van der Waals surface area contributed by atoms with Gasteiger partial charge in [0.25, 0.3) is 0 Å². The molecule has 17 heavy (non-hydrogen) atoms. The fourth-order valence-corrected chi connectivity index (χ4v) is 1.90. The van der Waals surface area contributed by atoms with Gasteiger partial charge in [0.1, 0.15) is 12.0 Å². The van der Waals surface area contributed by atoms with Crippen LogP contribution in [0.4, 0.5) is 0 Å². The number of unbranched alkanes of at least 4 members (excludes halogenated alkanes) is 2. The third-order valence-corrected chi connectivity index (χ3v) is 2.99. The average molecular weight is 234 g/mol. The van der Waals surface area contributed by atoms with Crippen molar-refractivity contribution in [1.29, 1.82) is 0 Å². The highest BCUT2D eigenvalue weighted by Crippen LogP contribution is 2.25. The maximum absolute atomic E-state index is 10.3. The maximum atomic E-state index is 10.3. The minimum absolute atomic E-state index is 0.537. The summed E-state index contributed by atoms with van der Waals surface area (Å²) >= 11 is 0. The van der Waals surface area contributed by atoms with Gasteiger partial charge in [-0.05, 0) is 42.4 Å². The molecule has 0 radical (unpaired) electrons. The molecule has 0 bridgehead atoms. The fraction of sp³-hybridized carbons (Fsp3) is 0.533. The van der Waals surface area contributed by atoms with Crippen LogP contribution in [0, 0.1) is 0 Å². The van der Waals surface area contributed by atoms with Gasteiger partial charge in [-0.3, -0.25) is 0 Å². The highest BCUT2D eigenvalue weighted by molar-refractivity contribution is 5.49. The summed E-state index contributed by atoms with van der Waals surface area (Å²) in [6.07, 6.45) is 4.63. The second-order valence-electron chi connectivity index (χ2n) is 4.64. The third kappa shape index (κ3) is 4.22. The normalized spacial score (nSPS) is 10.6. The van der Waals surface area contributed by atoms with E-state index in [0.29, 0.717) is 12.3 Å². The largest absolute Gasteiger partial charge is 0.496 e. The Morgan fingerprint density at radius 2 is 2.06 bits per heavy atom. The molecule has 2 nitrogen and oxygen atoms in total. The van der Waals surface area contributed by atoms with Crippen LogP contribution in [0.5, 0.6) is 5.75 Å². The molecule has 1 rings (SSSR count). The summed E-state index contributed by atoms with van der Waals surface area (Å²) in [5.41, 5.74) is 2.60. The van der Waals surface area contributed by atoms with Crippen molar-refractivity contribution in [2.75, 3.05) is 7.11 Å². The van der Waals surface area contributed by atoms with Gasteiger partial charge in [-0.2, -0.15) is 0 Å². The summed E-state index contributed by atoms with van der Waals surface area (Å²) in [6.45, 7) is 4.38. The summed E-state index contributed by atoms with van der Waals surface area (Å²) in [5.74, 6) is 1.50. The maximum Gasteiger partial charge on any atom is 0.122 e. The van der Waals surface area contributed by atoms with Gasteiger partial charge in [0.05, 0.1) is 7.11 Å². The van der Waals surface area contributed by atoms with Crippen molar-refractivity contribution < 1.29 is 9.53 Å². The molecule has 0 N–H and O–H groups in total. The zero-order valence-electron chi connectivity index (χ0n) is 11.0. The number of hydrogen-bond acceptors (Lipinski definition) is 2. The monoisotopic (exact) mass is 234 g/mol. The van der Waals surface area contributed by atoms with Crippen molar-refractivity contribution in [1.82, 2.24) is 0 Å². The lowest BCUT2D eigenvalue weighted by atomic mass is 9.97. The van der Waals surface area contributed by atoms with E-state index in [-0.39, 0.29) is 0 Å². The van der Waals surface area contributed by atoms with Gasteiger partial charge in [0, 0.05) is 6.42 Å². The van der Waals surface area contributed by atoms with Crippen molar-refractivity contribution in [3.05, 3.63) is 29.3 Å². The molecule has 0 saturated heterocycles. The summed E-state index contributed by atoms with van der Waals surface area (Å²) in [4.78, 5) is 10.3. The van der Waals surface area contributed by atoms with Crippen molar-refractivity contribution in [2.24, 2.45) is 0 Å². The lowest BCUT2D eigenvalue weighted by Crippen LogP contribution is -1.96. The molecule has 0 aromatic heterocycles. The average Bonchev–Trinajstić information content (AvgIpc) is 2.34. The van der Waals surface area contributed by atoms with Crippen LogP contribution in [0.25, 0.3) is 0 Å².